The van der Waals surface area contributed by atoms with E-state index in [2.05, 4.69) is 62.9 Å². The van der Waals surface area contributed by atoms with E-state index in [1.807, 2.05) is 29.1 Å². The Labute approximate surface area is 155 Å². The van der Waals surface area contributed by atoms with Gasteiger partial charge in [0.05, 0.1) is 30.4 Å². The molecule has 128 valence electrons. The average molecular weight is 399 g/mol. The predicted molar refractivity (Wildman–Crippen MR) is 102 cm³/mol. The van der Waals surface area contributed by atoms with Gasteiger partial charge in [-0.05, 0) is 48.4 Å². The van der Waals surface area contributed by atoms with Crippen LogP contribution in [0.5, 0.6) is 5.75 Å². The first kappa shape index (κ1) is 16.2. The molecule has 1 atom stereocenters. The van der Waals surface area contributed by atoms with Gasteiger partial charge in [-0.1, -0.05) is 28.1 Å². The number of fused-ring (bicyclic) bond motifs is 3. The highest BCUT2D eigenvalue weighted by atomic mass is 79.9. The third-order valence-electron chi connectivity index (χ3n) is 4.43. The topological polar surface area (TPSA) is 51.1 Å². The van der Waals surface area contributed by atoms with E-state index < -0.39 is 0 Å². The summed E-state index contributed by atoms with van der Waals surface area (Å²) in [6.07, 6.45) is 1.91. The lowest BCUT2D eigenvalue weighted by Crippen LogP contribution is -2.33. The van der Waals surface area contributed by atoms with E-state index >= 15 is 0 Å². The molecule has 6 heteroatoms. The summed E-state index contributed by atoms with van der Waals surface area (Å²) in [6.45, 7) is 2.84. The summed E-state index contributed by atoms with van der Waals surface area (Å²) in [6, 6.07) is 14.3. The summed E-state index contributed by atoms with van der Waals surface area (Å²) in [5, 5.41) is 11.7. The van der Waals surface area contributed by atoms with Crippen LogP contribution in [-0.2, 0) is 6.54 Å². The quantitative estimate of drug-likeness (QED) is 0.692. The Balaban J connectivity index is 1.60. The van der Waals surface area contributed by atoms with Crippen molar-refractivity contribution in [1.29, 1.82) is 0 Å². The Bertz CT molecular complexity index is 904. The molecule has 0 fully saturated rings. The Hall–Kier alpha value is -2.31. The molecular weight excluding hydrogens is 380 g/mol. The number of hydrogen-bond donors (Lipinski definition) is 2. The Morgan fingerprint density at radius 2 is 2.04 bits per heavy atom. The molecule has 0 radical (unpaired) electrons. The van der Waals surface area contributed by atoms with Gasteiger partial charge < -0.3 is 10.1 Å². The zero-order valence-electron chi connectivity index (χ0n) is 14.1. The fourth-order valence-corrected chi connectivity index (χ4v) is 3.47. The third kappa shape index (κ3) is 3.03. The predicted octanol–water partition coefficient (Wildman–Crippen LogP) is 4.17. The van der Waals surface area contributed by atoms with Crippen LogP contribution in [0.25, 0.3) is 5.69 Å². The smallest absolute Gasteiger partial charge is 0.121 e. The first-order valence-electron chi connectivity index (χ1n) is 8.13. The fourth-order valence-electron chi connectivity index (χ4n) is 3.12. The molecule has 2 heterocycles. The molecule has 5 nitrogen and oxygen atoms in total. The van der Waals surface area contributed by atoms with Gasteiger partial charge in [-0.15, -0.1) is 0 Å². The highest BCUT2D eigenvalue weighted by molar-refractivity contribution is 9.10. The van der Waals surface area contributed by atoms with Crippen molar-refractivity contribution in [2.75, 3.05) is 12.4 Å². The molecule has 1 unspecified atom stereocenters. The molecule has 0 saturated heterocycles. The molecule has 0 amide bonds. The maximum Gasteiger partial charge on any atom is 0.121 e. The molecule has 1 aliphatic rings. The van der Waals surface area contributed by atoms with Crippen molar-refractivity contribution in [2.24, 2.45) is 0 Å². The minimum Gasteiger partial charge on any atom is -0.497 e. The summed E-state index contributed by atoms with van der Waals surface area (Å²) in [5.41, 5.74) is 5.61. The van der Waals surface area contributed by atoms with Crippen LogP contribution in [0, 0.1) is 6.92 Å². The van der Waals surface area contributed by atoms with E-state index in [-0.39, 0.29) is 6.17 Å². The number of nitrogens with one attached hydrogen (secondary N) is 2. The highest BCUT2D eigenvalue weighted by Crippen LogP contribution is 2.34. The van der Waals surface area contributed by atoms with Crippen LogP contribution in [0.3, 0.4) is 0 Å². The maximum atomic E-state index is 5.22. The number of rotatable bonds is 4. The SMILES string of the molecule is COc1ccc(CNC2Nc3ccc(Br)cc3-n3ncc(C)c32)cc1. The molecule has 25 heavy (non-hydrogen) atoms. The number of aryl methyl sites for hydroxylation is 1. The van der Waals surface area contributed by atoms with E-state index in [1.54, 1.807) is 7.11 Å². The number of halogens is 1. The van der Waals surface area contributed by atoms with Crippen LogP contribution in [0.15, 0.2) is 53.1 Å². The molecule has 1 aromatic heterocycles. The number of ether oxygens (including phenoxy) is 1. The third-order valence-corrected chi connectivity index (χ3v) is 4.92. The Morgan fingerprint density at radius 1 is 1.24 bits per heavy atom. The molecule has 2 aromatic carbocycles. The van der Waals surface area contributed by atoms with Gasteiger partial charge in [0.15, 0.2) is 0 Å². The van der Waals surface area contributed by atoms with Crippen molar-refractivity contribution in [3.8, 4) is 11.4 Å². The van der Waals surface area contributed by atoms with Gasteiger partial charge in [0.1, 0.15) is 11.9 Å². The van der Waals surface area contributed by atoms with E-state index in [9.17, 15) is 0 Å². The lowest BCUT2D eigenvalue weighted by molar-refractivity contribution is 0.414. The minimum absolute atomic E-state index is 0.00160. The molecule has 0 bridgehead atoms. The second kappa shape index (κ2) is 6.54. The van der Waals surface area contributed by atoms with Gasteiger partial charge in [-0.25, -0.2) is 4.68 Å². The Kier molecular flexibility index (Phi) is 4.23. The molecule has 3 aromatic rings. The summed E-state index contributed by atoms with van der Waals surface area (Å²) in [7, 11) is 1.68. The van der Waals surface area contributed by atoms with Gasteiger partial charge in [0.25, 0.3) is 0 Å². The van der Waals surface area contributed by atoms with Crippen molar-refractivity contribution in [3.63, 3.8) is 0 Å². The van der Waals surface area contributed by atoms with Crippen LogP contribution < -0.4 is 15.4 Å². The minimum atomic E-state index is -0.00160. The summed E-state index contributed by atoms with van der Waals surface area (Å²) in [5.74, 6) is 0.868. The molecule has 0 spiro atoms. The van der Waals surface area contributed by atoms with E-state index in [1.165, 1.54) is 5.56 Å². The number of aromatic nitrogens is 2. The first-order chi connectivity index (χ1) is 12.2. The van der Waals surface area contributed by atoms with Crippen molar-refractivity contribution in [1.82, 2.24) is 15.1 Å². The molecule has 2 N–H and O–H groups in total. The number of hydrogen-bond acceptors (Lipinski definition) is 4. The summed E-state index contributed by atoms with van der Waals surface area (Å²) >= 11 is 3.54. The zero-order chi connectivity index (χ0) is 17.4. The van der Waals surface area contributed by atoms with Crippen LogP contribution in [0.4, 0.5) is 5.69 Å². The molecule has 4 rings (SSSR count). The standard InChI is InChI=1S/C19H19BrN4O/c1-12-10-22-24-17-9-14(20)5-8-16(17)23-19(18(12)24)21-11-13-3-6-15(25-2)7-4-13/h3-10,19,21,23H,11H2,1-2H3. The molecule has 0 aliphatic carbocycles. The van der Waals surface area contributed by atoms with E-state index in [0.29, 0.717) is 0 Å². The summed E-state index contributed by atoms with van der Waals surface area (Å²) in [4.78, 5) is 0. The zero-order valence-corrected chi connectivity index (χ0v) is 15.7. The van der Waals surface area contributed by atoms with Gasteiger partial charge in [-0.2, -0.15) is 5.10 Å². The maximum absolute atomic E-state index is 5.22. The Morgan fingerprint density at radius 3 is 2.80 bits per heavy atom. The number of nitrogens with zero attached hydrogens (tertiary/aromatic N) is 2. The van der Waals surface area contributed by atoms with Gasteiger partial charge in [0, 0.05) is 11.0 Å². The fraction of sp³-hybridized carbons (Fsp3) is 0.211. The van der Waals surface area contributed by atoms with Gasteiger partial charge in [0.2, 0.25) is 0 Å². The van der Waals surface area contributed by atoms with Crippen molar-refractivity contribution in [2.45, 2.75) is 19.6 Å². The monoisotopic (exact) mass is 398 g/mol. The second-order valence-corrected chi connectivity index (χ2v) is 7.01. The van der Waals surface area contributed by atoms with E-state index in [0.717, 1.165) is 39.4 Å². The highest BCUT2D eigenvalue weighted by Gasteiger charge is 2.26. The molecular formula is C19H19BrN4O. The van der Waals surface area contributed by atoms with Crippen molar-refractivity contribution in [3.05, 3.63) is 70.0 Å². The van der Waals surface area contributed by atoms with Crippen molar-refractivity contribution < 1.29 is 4.74 Å². The first-order valence-corrected chi connectivity index (χ1v) is 8.92. The largest absolute Gasteiger partial charge is 0.497 e. The van der Waals surface area contributed by atoms with Crippen molar-refractivity contribution >= 4 is 21.6 Å². The lowest BCUT2D eigenvalue weighted by Gasteiger charge is -2.30. The normalized spacial score (nSPS) is 15.2. The average Bonchev–Trinajstić information content (AvgIpc) is 3.03. The number of anilines is 1. The van der Waals surface area contributed by atoms with Crippen LogP contribution in [-0.4, -0.2) is 16.9 Å². The van der Waals surface area contributed by atoms with E-state index in [4.69, 9.17) is 4.74 Å². The van der Waals surface area contributed by atoms with Gasteiger partial charge >= 0.3 is 0 Å². The molecule has 0 saturated carbocycles. The summed E-state index contributed by atoms with van der Waals surface area (Å²) < 4.78 is 8.27. The number of methoxy groups -OCH3 is 1. The van der Waals surface area contributed by atoms with Gasteiger partial charge in [-0.3, -0.25) is 5.32 Å². The lowest BCUT2D eigenvalue weighted by atomic mass is 10.1. The van der Waals surface area contributed by atoms with Crippen LogP contribution in [0.1, 0.15) is 23.0 Å². The molecule has 1 aliphatic heterocycles. The number of benzene rings is 2. The van der Waals surface area contributed by atoms with Crippen LogP contribution >= 0.6 is 15.9 Å². The van der Waals surface area contributed by atoms with Crippen LogP contribution in [0.2, 0.25) is 0 Å². The second-order valence-electron chi connectivity index (χ2n) is 6.09.